The Kier molecular flexibility index (Phi) is 5.22. The van der Waals surface area contributed by atoms with Gasteiger partial charge >= 0.3 is 0 Å². The van der Waals surface area contributed by atoms with Gasteiger partial charge in [0.25, 0.3) is 0 Å². The van der Waals surface area contributed by atoms with Crippen LogP contribution in [0.3, 0.4) is 0 Å². The summed E-state index contributed by atoms with van der Waals surface area (Å²) < 4.78 is 0. The fraction of sp³-hybridized carbons (Fsp3) is 0.391. The maximum absolute atomic E-state index is 12.5. The van der Waals surface area contributed by atoms with Crippen molar-refractivity contribution in [3.63, 3.8) is 0 Å². The van der Waals surface area contributed by atoms with Crippen LogP contribution in [-0.2, 0) is 17.6 Å². The molecule has 1 aliphatic carbocycles. The van der Waals surface area contributed by atoms with Crippen molar-refractivity contribution in [2.24, 2.45) is 0 Å². The van der Waals surface area contributed by atoms with Crippen LogP contribution < -0.4 is 5.32 Å². The van der Waals surface area contributed by atoms with E-state index < -0.39 is 0 Å². The van der Waals surface area contributed by atoms with Crippen molar-refractivity contribution in [3.8, 4) is 6.07 Å². The van der Waals surface area contributed by atoms with Crippen LogP contribution in [0.2, 0.25) is 0 Å². The number of aryl methyl sites for hydroxylation is 2. The number of fused-ring (bicyclic) bond motifs is 2. The third kappa shape index (κ3) is 3.61. The van der Waals surface area contributed by atoms with E-state index in [9.17, 15) is 10.1 Å². The Labute approximate surface area is 160 Å². The predicted molar refractivity (Wildman–Crippen MR) is 105 cm³/mol. The van der Waals surface area contributed by atoms with Crippen LogP contribution in [0.1, 0.15) is 41.0 Å². The second-order valence-corrected chi connectivity index (χ2v) is 7.46. The lowest BCUT2D eigenvalue weighted by Gasteiger charge is -2.23. The van der Waals surface area contributed by atoms with Gasteiger partial charge in [0.15, 0.2) is 0 Å². The van der Waals surface area contributed by atoms with Gasteiger partial charge in [0.1, 0.15) is 6.04 Å². The molecule has 0 unspecified atom stereocenters. The van der Waals surface area contributed by atoms with Crippen LogP contribution in [-0.4, -0.2) is 36.5 Å². The van der Waals surface area contributed by atoms with Gasteiger partial charge in [-0.25, -0.2) is 0 Å². The number of nitriles is 1. The van der Waals surface area contributed by atoms with Crippen LogP contribution in [0.5, 0.6) is 0 Å². The first-order valence-electron chi connectivity index (χ1n) is 9.83. The molecule has 1 amide bonds. The van der Waals surface area contributed by atoms with Gasteiger partial charge in [0.2, 0.25) is 5.91 Å². The van der Waals surface area contributed by atoms with Crippen molar-refractivity contribution in [1.82, 2.24) is 10.2 Å². The highest BCUT2D eigenvalue weighted by atomic mass is 16.2. The molecule has 27 heavy (non-hydrogen) atoms. The maximum Gasteiger partial charge on any atom is 0.237 e. The number of carbonyl (C=O) groups excluding carboxylic acids is 1. The second kappa shape index (κ2) is 7.94. The molecule has 4 heteroatoms. The molecule has 4 rings (SSSR count). The molecule has 1 heterocycles. The van der Waals surface area contributed by atoms with Gasteiger partial charge in [-0.15, -0.1) is 0 Å². The molecule has 0 spiro atoms. The quantitative estimate of drug-likeness (QED) is 0.913. The van der Waals surface area contributed by atoms with E-state index in [-0.39, 0.29) is 17.9 Å². The fourth-order valence-corrected chi connectivity index (χ4v) is 4.48. The van der Waals surface area contributed by atoms with Crippen LogP contribution in [0, 0.1) is 11.3 Å². The number of benzene rings is 2. The Morgan fingerprint density at radius 2 is 1.70 bits per heavy atom. The summed E-state index contributed by atoms with van der Waals surface area (Å²) in [6.07, 6.45) is 3.83. The van der Waals surface area contributed by atoms with E-state index in [2.05, 4.69) is 59.9 Å². The summed E-state index contributed by atoms with van der Waals surface area (Å²) in [5.74, 6) is 0.285. The van der Waals surface area contributed by atoms with Crippen LogP contribution in [0.15, 0.2) is 48.5 Å². The highest BCUT2D eigenvalue weighted by molar-refractivity contribution is 5.79. The number of nitrogens with zero attached hydrogens (tertiary/aromatic N) is 2. The first kappa shape index (κ1) is 17.8. The van der Waals surface area contributed by atoms with E-state index in [0.29, 0.717) is 13.1 Å². The Hall–Kier alpha value is -2.64. The molecule has 1 N–H and O–H groups in total. The third-order valence-electron chi connectivity index (χ3n) is 5.87. The lowest BCUT2D eigenvalue weighted by atomic mass is 9.88. The zero-order valence-electron chi connectivity index (χ0n) is 15.5. The normalized spacial score (nSPS) is 19.1. The van der Waals surface area contributed by atoms with E-state index in [4.69, 9.17) is 0 Å². The summed E-state index contributed by atoms with van der Waals surface area (Å²) in [5, 5.41) is 12.6. The first-order valence-corrected chi connectivity index (χ1v) is 9.83. The first-order chi connectivity index (χ1) is 13.3. The van der Waals surface area contributed by atoms with Crippen molar-refractivity contribution in [1.29, 1.82) is 5.26 Å². The number of carbonyl (C=O) groups is 1. The van der Waals surface area contributed by atoms with Gasteiger partial charge in [0, 0.05) is 19.0 Å². The topological polar surface area (TPSA) is 56.1 Å². The predicted octanol–water partition coefficient (Wildman–Crippen LogP) is 3.02. The summed E-state index contributed by atoms with van der Waals surface area (Å²) in [7, 11) is 0. The minimum absolute atomic E-state index is 0.0363. The molecular formula is C23H25N3O. The highest BCUT2D eigenvalue weighted by Crippen LogP contribution is 2.33. The standard InChI is InChI=1S/C23H25N3O/c24-14-19-8-5-13-26(19)23(27)16-25-15-22-20-9-3-1-6-17(20)11-12-18-7-2-4-10-21(18)22/h1-4,6-7,9-10,19,22,25H,5,8,11-13,15-16H2/t19-/m0/s1. The van der Waals surface area contributed by atoms with E-state index in [0.717, 1.165) is 32.2 Å². The third-order valence-corrected chi connectivity index (χ3v) is 5.87. The van der Waals surface area contributed by atoms with Crippen molar-refractivity contribution < 1.29 is 4.79 Å². The Balaban J connectivity index is 1.50. The average molecular weight is 359 g/mol. The van der Waals surface area contributed by atoms with Crippen LogP contribution >= 0.6 is 0 Å². The Morgan fingerprint density at radius 1 is 1.07 bits per heavy atom. The SMILES string of the molecule is N#C[C@@H]1CCCN1C(=O)CNCC1c2ccccc2CCc2ccccc21. The van der Waals surface area contributed by atoms with E-state index in [1.54, 1.807) is 4.90 Å². The van der Waals surface area contributed by atoms with Crippen LogP contribution in [0.4, 0.5) is 0 Å². The molecule has 1 saturated heterocycles. The molecule has 1 atom stereocenters. The van der Waals surface area contributed by atoms with E-state index in [1.165, 1.54) is 22.3 Å². The van der Waals surface area contributed by atoms with Gasteiger partial charge in [-0.2, -0.15) is 5.26 Å². The van der Waals surface area contributed by atoms with Crippen molar-refractivity contribution in [2.75, 3.05) is 19.6 Å². The van der Waals surface area contributed by atoms with Crippen molar-refractivity contribution >= 4 is 5.91 Å². The number of likely N-dealkylation sites (tertiary alicyclic amines) is 1. The molecule has 0 bridgehead atoms. The van der Waals surface area contributed by atoms with Crippen molar-refractivity contribution in [2.45, 2.75) is 37.6 Å². The molecule has 2 aliphatic rings. The number of hydrogen-bond acceptors (Lipinski definition) is 3. The molecule has 4 nitrogen and oxygen atoms in total. The number of nitrogens with one attached hydrogen (secondary N) is 1. The number of hydrogen-bond donors (Lipinski definition) is 1. The second-order valence-electron chi connectivity index (χ2n) is 7.46. The molecule has 1 aliphatic heterocycles. The van der Waals surface area contributed by atoms with Gasteiger partial charge in [-0.3, -0.25) is 4.79 Å². The minimum Gasteiger partial charge on any atom is -0.326 e. The van der Waals surface area contributed by atoms with E-state index in [1.807, 2.05) is 0 Å². The van der Waals surface area contributed by atoms with Gasteiger partial charge in [-0.1, -0.05) is 48.5 Å². The Morgan fingerprint density at radius 3 is 2.33 bits per heavy atom. The Bertz CT molecular complexity index is 822. The lowest BCUT2D eigenvalue weighted by Crippen LogP contribution is -2.41. The smallest absolute Gasteiger partial charge is 0.237 e. The van der Waals surface area contributed by atoms with Crippen molar-refractivity contribution in [3.05, 3.63) is 70.8 Å². The molecule has 0 radical (unpaired) electrons. The molecule has 2 aromatic carbocycles. The summed E-state index contributed by atoms with van der Waals surface area (Å²) in [4.78, 5) is 14.3. The summed E-state index contributed by atoms with van der Waals surface area (Å²) in [6, 6.07) is 19.3. The summed E-state index contributed by atoms with van der Waals surface area (Å²) >= 11 is 0. The average Bonchev–Trinajstić information content (AvgIpc) is 3.13. The van der Waals surface area contributed by atoms with Gasteiger partial charge in [0.05, 0.1) is 12.6 Å². The fourth-order valence-electron chi connectivity index (χ4n) is 4.48. The minimum atomic E-state index is -0.251. The molecule has 138 valence electrons. The summed E-state index contributed by atoms with van der Waals surface area (Å²) in [6.45, 7) is 1.72. The number of amides is 1. The molecule has 0 saturated carbocycles. The highest BCUT2D eigenvalue weighted by Gasteiger charge is 2.28. The monoisotopic (exact) mass is 359 g/mol. The number of rotatable bonds is 4. The van der Waals surface area contributed by atoms with E-state index >= 15 is 0 Å². The zero-order chi connectivity index (χ0) is 18.6. The van der Waals surface area contributed by atoms with Crippen LogP contribution in [0.25, 0.3) is 0 Å². The molecule has 2 aromatic rings. The summed E-state index contributed by atoms with van der Waals surface area (Å²) in [5.41, 5.74) is 5.52. The molecule has 0 aromatic heterocycles. The van der Waals surface area contributed by atoms with Gasteiger partial charge < -0.3 is 10.2 Å². The largest absolute Gasteiger partial charge is 0.326 e. The van der Waals surface area contributed by atoms with Gasteiger partial charge in [-0.05, 0) is 47.9 Å². The maximum atomic E-state index is 12.5. The molecule has 1 fully saturated rings. The lowest BCUT2D eigenvalue weighted by molar-refractivity contribution is -0.130. The zero-order valence-corrected chi connectivity index (χ0v) is 15.5. The molecular weight excluding hydrogens is 334 g/mol.